The summed E-state index contributed by atoms with van der Waals surface area (Å²) in [5.41, 5.74) is 0. The fourth-order valence-electron chi connectivity index (χ4n) is 2.57. The van der Waals surface area contributed by atoms with E-state index in [1.54, 1.807) is 0 Å². The van der Waals surface area contributed by atoms with Gasteiger partial charge in [0.2, 0.25) is 0 Å². The molecule has 1 saturated heterocycles. The lowest BCUT2D eigenvalue weighted by atomic mass is 10.2. The lowest BCUT2D eigenvalue weighted by Crippen LogP contribution is -2.53. The molecule has 98 valence electrons. The standard InChI is InChI=1S/C14H20N2O2/c1-11-8-15-6-7-16(11)9-12-10-17-13-4-2-3-5-14(13)18-12/h2-5,11-12,15H,6-10H2,1H3. The van der Waals surface area contributed by atoms with Crippen molar-refractivity contribution < 1.29 is 9.47 Å². The van der Waals surface area contributed by atoms with Crippen molar-refractivity contribution >= 4 is 0 Å². The minimum absolute atomic E-state index is 0.139. The lowest BCUT2D eigenvalue weighted by Gasteiger charge is -2.37. The molecule has 2 aliphatic heterocycles. The molecule has 0 radical (unpaired) electrons. The summed E-state index contributed by atoms with van der Waals surface area (Å²) in [5.74, 6) is 1.73. The molecule has 1 N–H and O–H groups in total. The molecule has 2 atom stereocenters. The topological polar surface area (TPSA) is 33.7 Å². The zero-order chi connectivity index (χ0) is 12.4. The van der Waals surface area contributed by atoms with E-state index in [2.05, 4.69) is 17.1 Å². The van der Waals surface area contributed by atoms with Crippen LogP contribution in [0.15, 0.2) is 24.3 Å². The van der Waals surface area contributed by atoms with Crippen molar-refractivity contribution in [3.8, 4) is 11.5 Å². The number of fused-ring (bicyclic) bond motifs is 1. The summed E-state index contributed by atoms with van der Waals surface area (Å²) < 4.78 is 11.7. The fraction of sp³-hybridized carbons (Fsp3) is 0.571. The van der Waals surface area contributed by atoms with Crippen LogP contribution in [0, 0.1) is 0 Å². The van der Waals surface area contributed by atoms with E-state index in [1.807, 2.05) is 24.3 Å². The lowest BCUT2D eigenvalue weighted by molar-refractivity contribution is 0.0414. The van der Waals surface area contributed by atoms with E-state index >= 15 is 0 Å². The number of rotatable bonds is 2. The second kappa shape index (κ2) is 5.16. The molecular weight excluding hydrogens is 228 g/mol. The zero-order valence-corrected chi connectivity index (χ0v) is 10.8. The first-order valence-electron chi connectivity index (χ1n) is 6.66. The Morgan fingerprint density at radius 2 is 2.17 bits per heavy atom. The molecule has 4 nitrogen and oxygen atoms in total. The van der Waals surface area contributed by atoms with E-state index in [-0.39, 0.29) is 6.10 Å². The SMILES string of the molecule is CC1CNCCN1CC1COc2ccccc2O1. The minimum Gasteiger partial charge on any atom is -0.486 e. The van der Waals surface area contributed by atoms with Crippen LogP contribution in [0.4, 0.5) is 0 Å². The zero-order valence-electron chi connectivity index (χ0n) is 10.8. The fourth-order valence-corrected chi connectivity index (χ4v) is 2.57. The van der Waals surface area contributed by atoms with Gasteiger partial charge in [-0.05, 0) is 19.1 Å². The van der Waals surface area contributed by atoms with E-state index in [1.165, 1.54) is 0 Å². The molecule has 0 saturated carbocycles. The average molecular weight is 248 g/mol. The first-order valence-corrected chi connectivity index (χ1v) is 6.66. The van der Waals surface area contributed by atoms with Gasteiger partial charge >= 0.3 is 0 Å². The van der Waals surface area contributed by atoms with Crippen LogP contribution in [0.5, 0.6) is 11.5 Å². The van der Waals surface area contributed by atoms with Gasteiger partial charge in [-0.2, -0.15) is 0 Å². The van der Waals surface area contributed by atoms with Crippen LogP contribution in [-0.2, 0) is 0 Å². The third kappa shape index (κ3) is 2.44. The highest BCUT2D eigenvalue weighted by Crippen LogP contribution is 2.31. The number of hydrogen-bond donors (Lipinski definition) is 1. The van der Waals surface area contributed by atoms with Crippen molar-refractivity contribution in [2.24, 2.45) is 0 Å². The second-order valence-electron chi connectivity index (χ2n) is 5.05. The van der Waals surface area contributed by atoms with E-state index in [9.17, 15) is 0 Å². The number of ether oxygens (including phenoxy) is 2. The van der Waals surface area contributed by atoms with E-state index < -0.39 is 0 Å². The van der Waals surface area contributed by atoms with Gasteiger partial charge in [-0.15, -0.1) is 0 Å². The van der Waals surface area contributed by atoms with Gasteiger partial charge in [0, 0.05) is 32.2 Å². The molecule has 18 heavy (non-hydrogen) atoms. The van der Waals surface area contributed by atoms with Crippen molar-refractivity contribution in [3.63, 3.8) is 0 Å². The molecule has 0 aliphatic carbocycles. The Bertz CT molecular complexity index is 411. The minimum atomic E-state index is 0.139. The van der Waals surface area contributed by atoms with Crippen molar-refractivity contribution in [1.82, 2.24) is 10.2 Å². The van der Waals surface area contributed by atoms with Crippen molar-refractivity contribution in [1.29, 1.82) is 0 Å². The van der Waals surface area contributed by atoms with Gasteiger partial charge in [-0.1, -0.05) is 12.1 Å². The quantitative estimate of drug-likeness (QED) is 0.850. The smallest absolute Gasteiger partial charge is 0.161 e. The number of hydrogen-bond acceptors (Lipinski definition) is 4. The van der Waals surface area contributed by atoms with Crippen molar-refractivity contribution in [2.45, 2.75) is 19.1 Å². The maximum atomic E-state index is 6.00. The molecule has 1 fully saturated rings. The molecule has 0 spiro atoms. The Morgan fingerprint density at radius 1 is 1.33 bits per heavy atom. The number of benzene rings is 1. The van der Waals surface area contributed by atoms with E-state index in [4.69, 9.17) is 9.47 Å². The molecular formula is C14H20N2O2. The first kappa shape index (κ1) is 11.8. The summed E-state index contributed by atoms with van der Waals surface area (Å²) in [6, 6.07) is 8.46. The normalized spacial score (nSPS) is 28.1. The van der Waals surface area contributed by atoms with Crippen LogP contribution < -0.4 is 14.8 Å². The third-order valence-corrected chi connectivity index (χ3v) is 3.64. The number of nitrogens with one attached hydrogen (secondary N) is 1. The molecule has 3 rings (SSSR count). The van der Waals surface area contributed by atoms with Gasteiger partial charge in [-0.25, -0.2) is 0 Å². The van der Waals surface area contributed by atoms with Gasteiger partial charge in [0.1, 0.15) is 12.7 Å². The Kier molecular flexibility index (Phi) is 3.39. The molecule has 0 bridgehead atoms. The van der Waals surface area contributed by atoms with E-state index in [0.29, 0.717) is 12.6 Å². The maximum absolute atomic E-state index is 6.00. The highest BCUT2D eigenvalue weighted by Gasteiger charge is 2.26. The predicted molar refractivity (Wildman–Crippen MR) is 70.3 cm³/mol. The predicted octanol–water partition coefficient (Wildman–Crippen LogP) is 1.12. The largest absolute Gasteiger partial charge is 0.486 e. The maximum Gasteiger partial charge on any atom is 0.161 e. The summed E-state index contributed by atoms with van der Waals surface area (Å²) in [5, 5.41) is 3.40. The molecule has 2 aliphatic rings. The van der Waals surface area contributed by atoms with Gasteiger partial charge in [0.05, 0.1) is 0 Å². The van der Waals surface area contributed by atoms with Gasteiger partial charge < -0.3 is 14.8 Å². The number of para-hydroxylation sites is 2. The van der Waals surface area contributed by atoms with Crippen LogP contribution >= 0.6 is 0 Å². The highest BCUT2D eigenvalue weighted by atomic mass is 16.6. The molecule has 2 heterocycles. The summed E-state index contributed by atoms with van der Waals surface area (Å²) in [6.07, 6.45) is 0.139. The van der Waals surface area contributed by atoms with Crippen LogP contribution in [0.3, 0.4) is 0 Å². The number of piperazine rings is 1. The van der Waals surface area contributed by atoms with Crippen LogP contribution in [0.2, 0.25) is 0 Å². The Labute approximate surface area is 108 Å². The average Bonchev–Trinajstić information content (AvgIpc) is 2.41. The summed E-state index contributed by atoms with van der Waals surface area (Å²) in [4.78, 5) is 2.47. The van der Waals surface area contributed by atoms with Crippen LogP contribution in [0.1, 0.15) is 6.92 Å². The summed E-state index contributed by atoms with van der Waals surface area (Å²) in [7, 11) is 0. The first-order chi connectivity index (χ1) is 8.83. The van der Waals surface area contributed by atoms with Crippen molar-refractivity contribution in [2.75, 3.05) is 32.8 Å². The Morgan fingerprint density at radius 3 is 3.00 bits per heavy atom. The molecule has 0 aromatic heterocycles. The monoisotopic (exact) mass is 248 g/mol. The number of nitrogens with zero attached hydrogens (tertiary/aromatic N) is 1. The summed E-state index contributed by atoms with van der Waals surface area (Å²) in [6.45, 7) is 7.05. The molecule has 4 heteroatoms. The van der Waals surface area contributed by atoms with Gasteiger partial charge in [0.15, 0.2) is 11.5 Å². The molecule has 2 unspecified atom stereocenters. The Hall–Kier alpha value is -1.26. The van der Waals surface area contributed by atoms with E-state index in [0.717, 1.165) is 37.7 Å². The van der Waals surface area contributed by atoms with Crippen molar-refractivity contribution in [3.05, 3.63) is 24.3 Å². The van der Waals surface area contributed by atoms with Gasteiger partial charge in [0.25, 0.3) is 0 Å². The molecule has 0 amide bonds. The highest BCUT2D eigenvalue weighted by molar-refractivity contribution is 5.40. The molecule has 1 aromatic rings. The van der Waals surface area contributed by atoms with Crippen LogP contribution in [0.25, 0.3) is 0 Å². The third-order valence-electron chi connectivity index (χ3n) is 3.64. The van der Waals surface area contributed by atoms with Gasteiger partial charge in [-0.3, -0.25) is 4.90 Å². The summed E-state index contributed by atoms with van der Waals surface area (Å²) >= 11 is 0. The molecule has 1 aromatic carbocycles. The Balaban J connectivity index is 1.62. The van der Waals surface area contributed by atoms with Crippen LogP contribution in [-0.4, -0.2) is 49.8 Å². The second-order valence-corrected chi connectivity index (χ2v) is 5.05.